The second-order valence-corrected chi connectivity index (χ2v) is 5.32. The fourth-order valence-electron chi connectivity index (χ4n) is 2.10. The monoisotopic (exact) mass is 285 g/mol. The molecule has 0 aliphatic rings. The fraction of sp³-hybridized carbons (Fsp3) is 0.250. The van der Waals surface area contributed by atoms with Crippen LogP contribution in [0.3, 0.4) is 0 Å². The molecule has 0 spiro atoms. The van der Waals surface area contributed by atoms with Crippen LogP contribution in [-0.2, 0) is 0 Å². The van der Waals surface area contributed by atoms with Crippen LogP contribution in [0.15, 0.2) is 42.7 Å². The van der Waals surface area contributed by atoms with Gasteiger partial charge < -0.3 is 10.6 Å². The van der Waals surface area contributed by atoms with Gasteiger partial charge in [-0.15, -0.1) is 0 Å². The van der Waals surface area contributed by atoms with Crippen molar-refractivity contribution in [1.82, 2.24) is 10.3 Å². The van der Waals surface area contributed by atoms with E-state index in [2.05, 4.69) is 54.6 Å². The number of aryl methyl sites for hydroxylation is 2. The van der Waals surface area contributed by atoms with Gasteiger partial charge >= 0.3 is 0 Å². The van der Waals surface area contributed by atoms with Crippen LogP contribution in [0.4, 0.5) is 5.69 Å². The molecule has 2 aromatic rings. The topological polar surface area (TPSA) is 37.0 Å². The zero-order valence-corrected chi connectivity index (χ0v) is 12.8. The van der Waals surface area contributed by atoms with Crippen LogP contribution in [0.25, 0.3) is 0 Å². The summed E-state index contributed by atoms with van der Waals surface area (Å²) in [6.45, 7) is 6.33. The average Bonchev–Trinajstić information content (AvgIpc) is 2.42. The molecule has 1 atom stereocenters. The van der Waals surface area contributed by atoms with Crippen LogP contribution >= 0.6 is 12.2 Å². The molecule has 4 heteroatoms. The molecule has 1 heterocycles. The van der Waals surface area contributed by atoms with Crippen molar-refractivity contribution in [3.63, 3.8) is 0 Å². The number of aromatic nitrogens is 1. The Morgan fingerprint density at radius 2 is 1.85 bits per heavy atom. The van der Waals surface area contributed by atoms with Crippen molar-refractivity contribution in [3.8, 4) is 0 Å². The molecule has 0 aliphatic carbocycles. The molecular weight excluding hydrogens is 266 g/mol. The number of thiocarbonyl (C=S) groups is 1. The first-order valence-electron chi connectivity index (χ1n) is 6.61. The lowest BCUT2D eigenvalue weighted by Gasteiger charge is -2.19. The van der Waals surface area contributed by atoms with Crippen LogP contribution in [-0.4, -0.2) is 10.1 Å². The van der Waals surface area contributed by atoms with Crippen molar-refractivity contribution in [3.05, 3.63) is 59.4 Å². The molecule has 20 heavy (non-hydrogen) atoms. The molecule has 0 saturated carbocycles. The number of nitrogens with zero attached hydrogens (tertiary/aromatic N) is 1. The summed E-state index contributed by atoms with van der Waals surface area (Å²) >= 11 is 5.35. The van der Waals surface area contributed by atoms with Crippen LogP contribution in [0.2, 0.25) is 0 Å². The third-order valence-electron chi connectivity index (χ3n) is 3.19. The first-order chi connectivity index (χ1) is 9.56. The SMILES string of the molecule is Cc1ccc(C)c([C@H](C)NC(=S)Nc2ccncc2)c1. The van der Waals surface area contributed by atoms with E-state index < -0.39 is 0 Å². The third-order valence-corrected chi connectivity index (χ3v) is 3.41. The maximum absolute atomic E-state index is 5.35. The van der Waals surface area contributed by atoms with E-state index in [1.165, 1.54) is 16.7 Å². The van der Waals surface area contributed by atoms with Crippen molar-refractivity contribution in [1.29, 1.82) is 0 Å². The number of hydrogen-bond acceptors (Lipinski definition) is 2. The molecule has 2 N–H and O–H groups in total. The Bertz CT molecular complexity index is 596. The van der Waals surface area contributed by atoms with Crippen LogP contribution < -0.4 is 10.6 Å². The van der Waals surface area contributed by atoms with E-state index in [4.69, 9.17) is 12.2 Å². The van der Waals surface area contributed by atoms with Crippen LogP contribution in [0, 0.1) is 13.8 Å². The smallest absolute Gasteiger partial charge is 0.171 e. The van der Waals surface area contributed by atoms with Gasteiger partial charge in [0.05, 0.1) is 6.04 Å². The molecule has 0 fully saturated rings. The minimum absolute atomic E-state index is 0.164. The summed E-state index contributed by atoms with van der Waals surface area (Å²) in [4.78, 5) is 3.98. The number of rotatable bonds is 3. The highest BCUT2D eigenvalue weighted by molar-refractivity contribution is 7.80. The minimum atomic E-state index is 0.164. The van der Waals surface area contributed by atoms with Gasteiger partial charge in [-0.1, -0.05) is 23.8 Å². The quantitative estimate of drug-likeness (QED) is 0.842. The molecule has 0 amide bonds. The Kier molecular flexibility index (Phi) is 4.69. The lowest BCUT2D eigenvalue weighted by Crippen LogP contribution is -2.31. The summed E-state index contributed by atoms with van der Waals surface area (Å²) in [7, 11) is 0. The molecule has 104 valence electrons. The van der Waals surface area contributed by atoms with Crippen LogP contribution in [0.5, 0.6) is 0 Å². The van der Waals surface area contributed by atoms with Gasteiger partial charge in [-0.3, -0.25) is 4.98 Å². The van der Waals surface area contributed by atoms with Gasteiger partial charge in [0.15, 0.2) is 5.11 Å². The number of nitrogens with one attached hydrogen (secondary N) is 2. The number of pyridine rings is 1. The zero-order chi connectivity index (χ0) is 14.5. The predicted octanol–water partition coefficient (Wildman–Crippen LogP) is 3.75. The summed E-state index contributed by atoms with van der Waals surface area (Å²) in [5.74, 6) is 0. The zero-order valence-electron chi connectivity index (χ0n) is 12.0. The van der Waals surface area contributed by atoms with Gasteiger partial charge in [0.25, 0.3) is 0 Å². The van der Waals surface area contributed by atoms with Gasteiger partial charge in [0.2, 0.25) is 0 Å². The molecule has 0 bridgehead atoms. The van der Waals surface area contributed by atoms with Crippen LogP contribution in [0.1, 0.15) is 29.7 Å². The second-order valence-electron chi connectivity index (χ2n) is 4.92. The molecule has 1 aromatic heterocycles. The fourth-order valence-corrected chi connectivity index (χ4v) is 2.40. The Morgan fingerprint density at radius 3 is 2.55 bits per heavy atom. The van der Waals surface area contributed by atoms with E-state index in [0.717, 1.165) is 5.69 Å². The van der Waals surface area contributed by atoms with Gasteiger partial charge in [-0.2, -0.15) is 0 Å². The van der Waals surface area contributed by atoms with Gasteiger partial charge in [0.1, 0.15) is 0 Å². The normalized spacial score (nSPS) is 11.8. The summed E-state index contributed by atoms with van der Waals surface area (Å²) < 4.78 is 0. The highest BCUT2D eigenvalue weighted by atomic mass is 32.1. The van der Waals surface area contributed by atoms with Crippen molar-refractivity contribution < 1.29 is 0 Å². The Labute approximate surface area is 125 Å². The molecule has 0 saturated heterocycles. The lowest BCUT2D eigenvalue weighted by molar-refractivity contribution is 0.716. The largest absolute Gasteiger partial charge is 0.356 e. The highest BCUT2D eigenvalue weighted by Crippen LogP contribution is 2.19. The molecule has 0 radical (unpaired) electrons. The van der Waals surface area contributed by atoms with Gasteiger partial charge in [-0.25, -0.2) is 0 Å². The number of benzene rings is 1. The molecular formula is C16H19N3S. The van der Waals surface area contributed by atoms with Crippen molar-refractivity contribution in [2.75, 3.05) is 5.32 Å². The predicted molar refractivity (Wildman–Crippen MR) is 87.9 cm³/mol. The van der Waals surface area contributed by atoms with E-state index in [1.54, 1.807) is 12.4 Å². The maximum Gasteiger partial charge on any atom is 0.171 e. The summed E-state index contributed by atoms with van der Waals surface area (Å²) in [6.07, 6.45) is 3.47. The molecule has 3 nitrogen and oxygen atoms in total. The van der Waals surface area contributed by atoms with E-state index in [1.807, 2.05) is 12.1 Å². The van der Waals surface area contributed by atoms with E-state index >= 15 is 0 Å². The van der Waals surface area contributed by atoms with Gasteiger partial charge in [-0.05, 0) is 56.2 Å². The van der Waals surface area contributed by atoms with E-state index in [-0.39, 0.29) is 6.04 Å². The molecule has 0 aliphatic heterocycles. The first kappa shape index (κ1) is 14.5. The minimum Gasteiger partial charge on any atom is -0.356 e. The van der Waals surface area contributed by atoms with Gasteiger partial charge in [0, 0.05) is 18.1 Å². The molecule has 0 unspecified atom stereocenters. The Hall–Kier alpha value is -1.94. The molecule has 2 rings (SSSR count). The Morgan fingerprint density at radius 1 is 1.15 bits per heavy atom. The third kappa shape index (κ3) is 3.78. The molecule has 1 aromatic carbocycles. The first-order valence-corrected chi connectivity index (χ1v) is 7.02. The summed E-state index contributed by atoms with van der Waals surface area (Å²) in [5, 5.41) is 7.08. The lowest BCUT2D eigenvalue weighted by atomic mass is 10.0. The number of hydrogen-bond donors (Lipinski definition) is 2. The highest BCUT2D eigenvalue weighted by Gasteiger charge is 2.10. The standard InChI is InChI=1S/C16H19N3S/c1-11-4-5-12(2)15(10-11)13(3)18-16(20)19-14-6-8-17-9-7-14/h4-10,13H,1-3H3,(H2,17,18,19,20)/t13-/m0/s1. The van der Waals surface area contributed by atoms with Crippen molar-refractivity contribution >= 4 is 23.0 Å². The van der Waals surface area contributed by atoms with E-state index in [9.17, 15) is 0 Å². The Balaban J connectivity index is 2.02. The van der Waals surface area contributed by atoms with Crippen molar-refractivity contribution in [2.24, 2.45) is 0 Å². The van der Waals surface area contributed by atoms with Crippen molar-refractivity contribution in [2.45, 2.75) is 26.8 Å². The second kappa shape index (κ2) is 6.48. The average molecular weight is 285 g/mol. The van der Waals surface area contributed by atoms with E-state index in [0.29, 0.717) is 5.11 Å². The summed E-state index contributed by atoms with van der Waals surface area (Å²) in [5.41, 5.74) is 4.73. The summed E-state index contributed by atoms with van der Waals surface area (Å²) in [6, 6.07) is 10.4. The number of anilines is 1. The maximum atomic E-state index is 5.35.